The molecule has 0 radical (unpaired) electrons. The van der Waals surface area contributed by atoms with E-state index in [0.717, 1.165) is 12.8 Å². The smallest absolute Gasteiger partial charge is 0.255 e. The number of aromatic nitrogens is 1. The molecule has 0 atom stereocenters. The molecule has 2 rings (SSSR count). The Hall–Kier alpha value is -1.13. The van der Waals surface area contributed by atoms with Crippen molar-refractivity contribution < 1.29 is 9.90 Å². The second kappa shape index (κ2) is 4.80. The molecule has 1 aromatic rings. The molecule has 0 aliphatic heterocycles. The number of aliphatic hydroxyl groups excluding tert-OH is 1. The van der Waals surface area contributed by atoms with Crippen LogP contribution in [0.1, 0.15) is 23.2 Å². The molecule has 0 aromatic carbocycles. The first-order valence-corrected chi connectivity index (χ1v) is 5.63. The third kappa shape index (κ3) is 2.51. The standard InChI is InChI=1S/C11H13ClN2O2/c12-10-4-1-8(7-13-10)11(16)14(5-6-15)9-2-3-9/h1,4,7,9,15H,2-3,5-6H2. The van der Waals surface area contributed by atoms with Crippen LogP contribution in [0.15, 0.2) is 18.3 Å². The lowest BCUT2D eigenvalue weighted by atomic mass is 10.2. The van der Waals surface area contributed by atoms with Crippen molar-refractivity contribution in [3.63, 3.8) is 0 Å². The predicted molar refractivity (Wildman–Crippen MR) is 60.4 cm³/mol. The van der Waals surface area contributed by atoms with E-state index in [9.17, 15) is 4.79 Å². The van der Waals surface area contributed by atoms with Crippen molar-refractivity contribution in [2.75, 3.05) is 13.2 Å². The van der Waals surface area contributed by atoms with Gasteiger partial charge in [-0.1, -0.05) is 11.6 Å². The number of hydrogen-bond acceptors (Lipinski definition) is 3. The fourth-order valence-electron chi connectivity index (χ4n) is 1.61. The molecule has 0 bridgehead atoms. The molecule has 1 heterocycles. The Balaban J connectivity index is 2.12. The van der Waals surface area contributed by atoms with Gasteiger partial charge in [-0.25, -0.2) is 4.98 Å². The molecule has 1 N–H and O–H groups in total. The van der Waals surface area contributed by atoms with Gasteiger partial charge in [-0.05, 0) is 25.0 Å². The van der Waals surface area contributed by atoms with Gasteiger partial charge < -0.3 is 10.0 Å². The molecular weight excluding hydrogens is 228 g/mol. The van der Waals surface area contributed by atoms with Crippen LogP contribution in [0.5, 0.6) is 0 Å². The number of pyridine rings is 1. The van der Waals surface area contributed by atoms with Gasteiger partial charge in [0.1, 0.15) is 5.15 Å². The molecular formula is C11H13ClN2O2. The molecule has 5 heteroatoms. The summed E-state index contributed by atoms with van der Waals surface area (Å²) in [5, 5.41) is 9.29. The first-order chi connectivity index (χ1) is 7.72. The lowest BCUT2D eigenvalue weighted by Gasteiger charge is -2.21. The van der Waals surface area contributed by atoms with Gasteiger partial charge in [0.15, 0.2) is 0 Å². The highest BCUT2D eigenvalue weighted by Crippen LogP contribution is 2.27. The summed E-state index contributed by atoms with van der Waals surface area (Å²) in [6.07, 6.45) is 3.51. The highest BCUT2D eigenvalue weighted by Gasteiger charge is 2.32. The van der Waals surface area contributed by atoms with Gasteiger partial charge in [0.2, 0.25) is 0 Å². The van der Waals surface area contributed by atoms with Crippen molar-refractivity contribution in [1.29, 1.82) is 0 Å². The van der Waals surface area contributed by atoms with Gasteiger partial charge in [0.25, 0.3) is 5.91 Å². The van der Waals surface area contributed by atoms with Crippen molar-refractivity contribution >= 4 is 17.5 Å². The van der Waals surface area contributed by atoms with E-state index in [0.29, 0.717) is 17.3 Å². The number of carbonyl (C=O) groups is 1. The summed E-state index contributed by atoms with van der Waals surface area (Å²) < 4.78 is 0. The zero-order valence-corrected chi connectivity index (χ0v) is 9.52. The van der Waals surface area contributed by atoms with E-state index < -0.39 is 0 Å². The Labute approximate surface area is 98.9 Å². The van der Waals surface area contributed by atoms with Gasteiger partial charge in [-0.2, -0.15) is 0 Å². The van der Waals surface area contributed by atoms with Crippen LogP contribution in [0.25, 0.3) is 0 Å². The zero-order valence-electron chi connectivity index (χ0n) is 8.77. The van der Waals surface area contributed by atoms with Crippen molar-refractivity contribution in [1.82, 2.24) is 9.88 Å². The van der Waals surface area contributed by atoms with Crippen LogP contribution in [0.2, 0.25) is 5.15 Å². The van der Waals surface area contributed by atoms with Crippen LogP contribution in [-0.2, 0) is 0 Å². The molecule has 1 aromatic heterocycles. The summed E-state index contributed by atoms with van der Waals surface area (Å²) in [5.41, 5.74) is 0.518. The topological polar surface area (TPSA) is 53.4 Å². The number of aliphatic hydroxyl groups is 1. The van der Waals surface area contributed by atoms with Gasteiger partial charge in [0.05, 0.1) is 12.2 Å². The van der Waals surface area contributed by atoms with Crippen molar-refractivity contribution in [3.05, 3.63) is 29.0 Å². The van der Waals surface area contributed by atoms with Crippen LogP contribution in [0.3, 0.4) is 0 Å². The summed E-state index contributed by atoms with van der Waals surface area (Å²) in [6, 6.07) is 3.54. The highest BCUT2D eigenvalue weighted by molar-refractivity contribution is 6.29. The Kier molecular flexibility index (Phi) is 3.41. The molecule has 1 fully saturated rings. The molecule has 0 saturated heterocycles. The third-order valence-corrected chi connectivity index (χ3v) is 2.79. The molecule has 16 heavy (non-hydrogen) atoms. The maximum Gasteiger partial charge on any atom is 0.255 e. The maximum absolute atomic E-state index is 12.1. The van der Waals surface area contributed by atoms with E-state index in [-0.39, 0.29) is 18.6 Å². The van der Waals surface area contributed by atoms with Crippen LogP contribution in [0.4, 0.5) is 0 Å². The van der Waals surface area contributed by atoms with E-state index in [4.69, 9.17) is 16.7 Å². The average molecular weight is 241 g/mol. The minimum absolute atomic E-state index is 0.0107. The first-order valence-electron chi connectivity index (χ1n) is 5.26. The Bertz CT molecular complexity index is 376. The van der Waals surface area contributed by atoms with Gasteiger partial charge in [-0.3, -0.25) is 4.79 Å². The fourth-order valence-corrected chi connectivity index (χ4v) is 1.72. The van der Waals surface area contributed by atoms with Crippen LogP contribution < -0.4 is 0 Å². The zero-order chi connectivity index (χ0) is 11.5. The second-order valence-corrected chi connectivity index (χ2v) is 4.21. The van der Waals surface area contributed by atoms with E-state index in [2.05, 4.69) is 4.98 Å². The highest BCUT2D eigenvalue weighted by atomic mass is 35.5. The Morgan fingerprint density at radius 1 is 1.56 bits per heavy atom. The second-order valence-electron chi connectivity index (χ2n) is 3.82. The van der Waals surface area contributed by atoms with Gasteiger partial charge in [0, 0.05) is 18.8 Å². The Morgan fingerprint density at radius 3 is 2.81 bits per heavy atom. The number of amides is 1. The third-order valence-electron chi connectivity index (χ3n) is 2.56. The summed E-state index contributed by atoms with van der Waals surface area (Å²) in [6.45, 7) is 0.370. The monoisotopic (exact) mass is 240 g/mol. The maximum atomic E-state index is 12.1. The summed E-state index contributed by atoms with van der Waals surface area (Å²) in [5.74, 6) is -0.0827. The summed E-state index contributed by atoms with van der Waals surface area (Å²) in [7, 11) is 0. The lowest BCUT2D eigenvalue weighted by Crippen LogP contribution is -2.35. The minimum atomic E-state index is -0.0827. The molecule has 86 valence electrons. The van der Waals surface area contributed by atoms with Crippen molar-refractivity contribution in [2.24, 2.45) is 0 Å². The predicted octanol–water partition coefficient (Wildman–Crippen LogP) is 1.33. The molecule has 0 spiro atoms. The van der Waals surface area contributed by atoms with Crippen molar-refractivity contribution in [3.8, 4) is 0 Å². The number of halogens is 1. The molecule has 0 unspecified atom stereocenters. The molecule has 1 saturated carbocycles. The van der Waals surface area contributed by atoms with E-state index in [1.165, 1.54) is 6.20 Å². The lowest BCUT2D eigenvalue weighted by molar-refractivity contribution is 0.0707. The number of nitrogens with zero attached hydrogens (tertiary/aromatic N) is 2. The number of carbonyl (C=O) groups excluding carboxylic acids is 1. The molecule has 4 nitrogen and oxygen atoms in total. The van der Waals surface area contributed by atoms with Crippen molar-refractivity contribution in [2.45, 2.75) is 18.9 Å². The minimum Gasteiger partial charge on any atom is -0.395 e. The SMILES string of the molecule is O=C(c1ccc(Cl)nc1)N(CCO)C1CC1. The van der Waals surface area contributed by atoms with Gasteiger partial charge in [-0.15, -0.1) is 0 Å². The van der Waals surface area contributed by atoms with E-state index in [1.54, 1.807) is 17.0 Å². The summed E-state index contributed by atoms with van der Waals surface area (Å²) in [4.78, 5) is 17.6. The normalized spacial score (nSPS) is 14.9. The molecule has 1 aliphatic carbocycles. The van der Waals surface area contributed by atoms with Gasteiger partial charge >= 0.3 is 0 Å². The van der Waals surface area contributed by atoms with Crippen LogP contribution in [-0.4, -0.2) is 40.1 Å². The van der Waals surface area contributed by atoms with Crippen LogP contribution >= 0.6 is 11.6 Å². The summed E-state index contributed by atoms with van der Waals surface area (Å²) >= 11 is 5.66. The number of rotatable bonds is 4. The fraction of sp³-hybridized carbons (Fsp3) is 0.455. The first kappa shape index (κ1) is 11.4. The van der Waals surface area contributed by atoms with E-state index >= 15 is 0 Å². The van der Waals surface area contributed by atoms with E-state index in [1.807, 2.05) is 0 Å². The van der Waals surface area contributed by atoms with Crippen LogP contribution in [0, 0.1) is 0 Å². The number of hydrogen-bond donors (Lipinski definition) is 1. The Morgan fingerprint density at radius 2 is 2.31 bits per heavy atom. The molecule has 1 aliphatic rings. The average Bonchev–Trinajstić information content (AvgIpc) is 3.10. The quantitative estimate of drug-likeness (QED) is 0.808. The largest absolute Gasteiger partial charge is 0.395 e. The molecule has 1 amide bonds.